The number of hydrogen-bond donors (Lipinski definition) is 1. The number of amides is 1. The van der Waals surface area contributed by atoms with Crippen LogP contribution in [0, 0.1) is 6.92 Å². The van der Waals surface area contributed by atoms with Crippen molar-refractivity contribution in [1.29, 1.82) is 0 Å². The molecular formula is C23H28ClN5O. The molecule has 158 valence electrons. The number of halogens is 1. The summed E-state index contributed by atoms with van der Waals surface area (Å²) in [5.74, 6) is 0.860. The number of fused-ring (bicyclic) bond motifs is 1. The van der Waals surface area contributed by atoms with E-state index >= 15 is 0 Å². The molecule has 4 rings (SSSR count). The zero-order valence-electron chi connectivity index (χ0n) is 17.6. The first kappa shape index (κ1) is 22.0. The number of piperazine rings is 1. The van der Waals surface area contributed by atoms with Crippen LogP contribution in [0.5, 0.6) is 0 Å². The van der Waals surface area contributed by atoms with E-state index in [9.17, 15) is 4.79 Å². The molecule has 3 aromatic rings. The average molecular weight is 426 g/mol. The molecule has 2 aromatic carbocycles. The maximum Gasteiger partial charge on any atom is 0.242 e. The first-order valence-electron chi connectivity index (χ1n) is 10.0. The van der Waals surface area contributed by atoms with Gasteiger partial charge in [0.05, 0.1) is 5.54 Å². The summed E-state index contributed by atoms with van der Waals surface area (Å²) in [6.07, 6.45) is 0. The highest BCUT2D eigenvalue weighted by Gasteiger charge is 2.31. The van der Waals surface area contributed by atoms with Crippen LogP contribution in [-0.2, 0) is 4.79 Å². The zero-order chi connectivity index (χ0) is 20.6. The molecule has 1 saturated heterocycles. The zero-order valence-corrected chi connectivity index (χ0v) is 18.4. The molecule has 0 saturated carbocycles. The summed E-state index contributed by atoms with van der Waals surface area (Å²) in [6.45, 7) is 8.28. The largest absolute Gasteiger partial charge is 0.351 e. The van der Waals surface area contributed by atoms with Crippen molar-refractivity contribution in [3.05, 3.63) is 54.1 Å². The molecule has 1 amide bonds. The van der Waals surface area contributed by atoms with Crippen molar-refractivity contribution in [3.8, 4) is 11.3 Å². The van der Waals surface area contributed by atoms with E-state index in [0.29, 0.717) is 26.2 Å². The first-order valence-corrected chi connectivity index (χ1v) is 10.0. The lowest BCUT2D eigenvalue weighted by Gasteiger charge is -2.38. The van der Waals surface area contributed by atoms with E-state index in [1.807, 2.05) is 17.0 Å². The van der Waals surface area contributed by atoms with Gasteiger partial charge in [-0.1, -0.05) is 54.1 Å². The lowest BCUT2D eigenvalue weighted by atomic mass is 10.0. The second-order valence-electron chi connectivity index (χ2n) is 8.28. The van der Waals surface area contributed by atoms with Crippen molar-refractivity contribution < 1.29 is 4.79 Å². The minimum atomic E-state index is -0.843. The van der Waals surface area contributed by atoms with Crippen LogP contribution >= 0.6 is 12.4 Å². The second-order valence-corrected chi connectivity index (χ2v) is 8.28. The molecule has 0 atom stereocenters. The molecule has 7 heteroatoms. The van der Waals surface area contributed by atoms with Gasteiger partial charge in [0.1, 0.15) is 5.69 Å². The number of nitrogens with zero attached hydrogens (tertiary/aromatic N) is 4. The van der Waals surface area contributed by atoms with Gasteiger partial charge in [-0.25, -0.2) is 0 Å². The Morgan fingerprint density at radius 3 is 2.13 bits per heavy atom. The molecule has 0 radical (unpaired) electrons. The van der Waals surface area contributed by atoms with E-state index in [4.69, 9.17) is 5.73 Å². The van der Waals surface area contributed by atoms with Gasteiger partial charge in [-0.05, 0) is 20.8 Å². The summed E-state index contributed by atoms with van der Waals surface area (Å²) in [5, 5.41) is 11.3. The summed E-state index contributed by atoms with van der Waals surface area (Å²) < 4.78 is 0. The maximum absolute atomic E-state index is 12.5. The van der Waals surface area contributed by atoms with Crippen molar-refractivity contribution in [2.75, 3.05) is 31.1 Å². The summed E-state index contributed by atoms with van der Waals surface area (Å²) in [4.78, 5) is 16.5. The summed E-state index contributed by atoms with van der Waals surface area (Å²) in [5.41, 5.74) is 8.31. The fraction of sp³-hybridized carbons (Fsp3) is 0.348. The van der Waals surface area contributed by atoms with Crippen LogP contribution in [0.3, 0.4) is 0 Å². The van der Waals surface area contributed by atoms with E-state index < -0.39 is 5.54 Å². The number of aryl methyl sites for hydroxylation is 1. The molecular weight excluding hydrogens is 398 g/mol. The SMILES string of the molecule is Cc1ccc(-c2nnc(N3CCN(C(=O)C(C)(C)N)CC3)c3ccccc23)cc1.Cl. The number of hydrogen-bond acceptors (Lipinski definition) is 5. The van der Waals surface area contributed by atoms with Crippen LogP contribution in [0.1, 0.15) is 19.4 Å². The van der Waals surface area contributed by atoms with E-state index in [1.54, 1.807) is 13.8 Å². The van der Waals surface area contributed by atoms with Gasteiger partial charge in [0, 0.05) is 42.5 Å². The third kappa shape index (κ3) is 4.25. The number of carbonyl (C=O) groups excluding carboxylic acids is 1. The normalized spacial score (nSPS) is 14.5. The predicted octanol–water partition coefficient (Wildman–Crippen LogP) is 3.41. The second kappa shape index (κ2) is 8.58. The Balaban J connectivity index is 0.00000256. The summed E-state index contributed by atoms with van der Waals surface area (Å²) in [6, 6.07) is 16.6. The van der Waals surface area contributed by atoms with Crippen LogP contribution in [0.15, 0.2) is 48.5 Å². The summed E-state index contributed by atoms with van der Waals surface area (Å²) in [7, 11) is 0. The fourth-order valence-corrected chi connectivity index (χ4v) is 3.78. The van der Waals surface area contributed by atoms with E-state index in [2.05, 4.69) is 58.4 Å². The Morgan fingerprint density at radius 2 is 1.53 bits per heavy atom. The van der Waals surface area contributed by atoms with E-state index in [0.717, 1.165) is 27.8 Å². The molecule has 0 spiro atoms. The Labute approximate surface area is 183 Å². The Hall–Kier alpha value is -2.70. The number of rotatable bonds is 3. The van der Waals surface area contributed by atoms with Crippen LogP contribution in [-0.4, -0.2) is 52.7 Å². The average Bonchev–Trinajstić information content (AvgIpc) is 2.73. The lowest BCUT2D eigenvalue weighted by molar-refractivity contribution is -0.136. The molecule has 6 nitrogen and oxygen atoms in total. The molecule has 0 aliphatic carbocycles. The third-order valence-electron chi connectivity index (χ3n) is 5.41. The number of benzene rings is 2. The minimum Gasteiger partial charge on any atom is -0.351 e. The van der Waals surface area contributed by atoms with Gasteiger partial charge in [0.25, 0.3) is 0 Å². The molecule has 2 heterocycles. The van der Waals surface area contributed by atoms with Gasteiger partial charge < -0.3 is 15.5 Å². The molecule has 0 bridgehead atoms. The van der Waals surface area contributed by atoms with Gasteiger partial charge in [-0.2, -0.15) is 0 Å². The molecule has 0 unspecified atom stereocenters. The number of anilines is 1. The highest BCUT2D eigenvalue weighted by atomic mass is 35.5. The van der Waals surface area contributed by atoms with E-state index in [-0.39, 0.29) is 18.3 Å². The van der Waals surface area contributed by atoms with Crippen molar-refractivity contribution >= 4 is 34.9 Å². The topological polar surface area (TPSA) is 75.4 Å². The van der Waals surface area contributed by atoms with Gasteiger partial charge in [-0.15, -0.1) is 22.6 Å². The molecule has 2 N–H and O–H groups in total. The number of nitrogens with two attached hydrogens (primary N) is 1. The molecule has 1 fully saturated rings. The van der Waals surface area contributed by atoms with E-state index in [1.165, 1.54) is 5.56 Å². The Bertz CT molecular complexity index is 1040. The van der Waals surface area contributed by atoms with Crippen molar-refractivity contribution in [2.24, 2.45) is 5.73 Å². The van der Waals surface area contributed by atoms with Gasteiger partial charge >= 0.3 is 0 Å². The fourth-order valence-electron chi connectivity index (χ4n) is 3.78. The minimum absolute atomic E-state index is 0. The van der Waals surface area contributed by atoms with Crippen molar-refractivity contribution in [1.82, 2.24) is 15.1 Å². The maximum atomic E-state index is 12.5. The monoisotopic (exact) mass is 425 g/mol. The molecule has 30 heavy (non-hydrogen) atoms. The number of aromatic nitrogens is 2. The van der Waals surface area contributed by atoms with Crippen LogP contribution < -0.4 is 10.6 Å². The predicted molar refractivity (Wildman–Crippen MR) is 124 cm³/mol. The standard InChI is InChI=1S/C23H27N5O.ClH/c1-16-8-10-17(11-9-16)20-18-6-4-5-7-19(18)21(26-25-20)27-12-14-28(15-13-27)22(29)23(2,3)24;/h4-11H,12-15,24H2,1-3H3;1H. The lowest BCUT2D eigenvalue weighted by Crippen LogP contribution is -2.57. The van der Waals surface area contributed by atoms with Crippen molar-refractivity contribution in [2.45, 2.75) is 26.3 Å². The quantitative estimate of drug-likeness (QED) is 0.695. The Morgan fingerprint density at radius 1 is 0.933 bits per heavy atom. The van der Waals surface area contributed by atoms with Gasteiger partial charge in [0.15, 0.2) is 5.82 Å². The van der Waals surface area contributed by atoms with Crippen LogP contribution in [0.2, 0.25) is 0 Å². The molecule has 1 aliphatic heterocycles. The summed E-state index contributed by atoms with van der Waals surface area (Å²) >= 11 is 0. The van der Waals surface area contributed by atoms with Gasteiger partial charge in [0.2, 0.25) is 5.91 Å². The highest BCUT2D eigenvalue weighted by Crippen LogP contribution is 2.32. The first-order chi connectivity index (χ1) is 13.8. The molecule has 1 aliphatic rings. The highest BCUT2D eigenvalue weighted by molar-refractivity contribution is 6.00. The smallest absolute Gasteiger partial charge is 0.242 e. The molecule has 1 aromatic heterocycles. The van der Waals surface area contributed by atoms with Gasteiger partial charge in [-0.3, -0.25) is 4.79 Å². The number of carbonyl (C=O) groups is 1. The van der Waals surface area contributed by atoms with Crippen LogP contribution in [0.25, 0.3) is 22.0 Å². The van der Waals surface area contributed by atoms with Crippen LogP contribution in [0.4, 0.5) is 5.82 Å². The van der Waals surface area contributed by atoms with Crippen molar-refractivity contribution in [3.63, 3.8) is 0 Å². The third-order valence-corrected chi connectivity index (χ3v) is 5.41. The Kier molecular flexibility index (Phi) is 6.29.